The van der Waals surface area contributed by atoms with E-state index in [4.69, 9.17) is 4.74 Å². The molecule has 2 fully saturated rings. The van der Waals surface area contributed by atoms with Crippen LogP contribution < -0.4 is 0 Å². The number of rotatable bonds is 5. The number of piperidine rings is 2. The number of nitrogens with zero attached hydrogens (tertiary/aromatic N) is 1. The zero-order chi connectivity index (χ0) is 24.8. The van der Waals surface area contributed by atoms with Crippen LogP contribution in [0.2, 0.25) is 0 Å². The van der Waals surface area contributed by atoms with Gasteiger partial charge in [0.05, 0.1) is 35.0 Å². The lowest BCUT2D eigenvalue weighted by molar-refractivity contribution is -0.147. The lowest BCUT2D eigenvalue weighted by Crippen LogP contribution is -2.63. The third-order valence-corrected chi connectivity index (χ3v) is 7.13. The molecule has 1 N–H and O–H groups in total. The van der Waals surface area contributed by atoms with Crippen LogP contribution in [0, 0.1) is 0 Å². The van der Waals surface area contributed by atoms with E-state index in [9.17, 15) is 31.4 Å². The second kappa shape index (κ2) is 8.84. The quantitative estimate of drug-likeness (QED) is 0.501. The molecule has 2 aliphatic heterocycles. The van der Waals surface area contributed by atoms with Crippen LogP contribution in [0.1, 0.15) is 61.0 Å². The van der Waals surface area contributed by atoms with Crippen molar-refractivity contribution in [1.82, 2.24) is 4.90 Å². The molecule has 4 rings (SSSR count). The predicted molar refractivity (Wildman–Crippen MR) is 114 cm³/mol. The molecule has 2 bridgehead atoms. The number of halogens is 6. The van der Waals surface area contributed by atoms with E-state index in [0.29, 0.717) is 25.8 Å². The fourth-order valence-electron chi connectivity index (χ4n) is 5.17. The summed E-state index contributed by atoms with van der Waals surface area (Å²) in [4.78, 5) is 2.15. The van der Waals surface area contributed by atoms with Gasteiger partial charge >= 0.3 is 12.4 Å². The van der Waals surface area contributed by atoms with Crippen molar-refractivity contribution in [3.63, 3.8) is 0 Å². The molecule has 3 nitrogen and oxygen atoms in total. The van der Waals surface area contributed by atoms with Gasteiger partial charge in [-0.05, 0) is 68.5 Å². The molecule has 0 saturated carbocycles. The molecule has 2 saturated heterocycles. The van der Waals surface area contributed by atoms with Gasteiger partial charge < -0.3 is 9.84 Å². The van der Waals surface area contributed by atoms with Gasteiger partial charge in [-0.2, -0.15) is 26.3 Å². The molecule has 0 amide bonds. The summed E-state index contributed by atoms with van der Waals surface area (Å²) in [6, 6.07) is 11.1. The van der Waals surface area contributed by atoms with Crippen molar-refractivity contribution in [2.24, 2.45) is 0 Å². The van der Waals surface area contributed by atoms with Crippen LogP contribution in [-0.4, -0.2) is 35.3 Å². The Labute approximate surface area is 194 Å². The summed E-state index contributed by atoms with van der Waals surface area (Å²) in [5.74, 6) is 0. The van der Waals surface area contributed by atoms with Crippen molar-refractivity contribution in [3.05, 3.63) is 70.8 Å². The lowest BCUT2D eigenvalue weighted by atomic mass is 9.72. The highest BCUT2D eigenvalue weighted by molar-refractivity contribution is 5.35. The average Bonchev–Trinajstić information content (AvgIpc) is 2.78. The van der Waals surface area contributed by atoms with Crippen molar-refractivity contribution >= 4 is 0 Å². The minimum absolute atomic E-state index is 0.0753. The third-order valence-electron chi connectivity index (χ3n) is 7.13. The van der Waals surface area contributed by atoms with Crippen molar-refractivity contribution in [2.75, 3.05) is 19.7 Å². The molecule has 0 radical (unpaired) electrons. The summed E-state index contributed by atoms with van der Waals surface area (Å²) in [7, 11) is 0. The van der Waals surface area contributed by atoms with E-state index in [-0.39, 0.29) is 18.2 Å². The zero-order valence-corrected chi connectivity index (χ0v) is 18.7. The molecule has 9 heteroatoms. The molecule has 4 atom stereocenters. The monoisotopic (exact) mass is 487 g/mol. The van der Waals surface area contributed by atoms with Gasteiger partial charge in [-0.3, -0.25) is 4.90 Å². The maximum Gasteiger partial charge on any atom is 0.416 e. The number of hydrogen-bond donors (Lipinski definition) is 1. The Morgan fingerprint density at radius 2 is 1.56 bits per heavy atom. The van der Waals surface area contributed by atoms with Crippen LogP contribution in [0.5, 0.6) is 0 Å². The van der Waals surface area contributed by atoms with Gasteiger partial charge in [-0.15, -0.1) is 0 Å². The van der Waals surface area contributed by atoms with E-state index in [1.54, 1.807) is 0 Å². The Hall–Kier alpha value is -2.10. The van der Waals surface area contributed by atoms with Crippen molar-refractivity contribution in [1.29, 1.82) is 0 Å². The first-order valence-corrected chi connectivity index (χ1v) is 11.3. The van der Waals surface area contributed by atoms with Crippen molar-refractivity contribution in [3.8, 4) is 0 Å². The Balaban J connectivity index is 1.64. The van der Waals surface area contributed by atoms with Crippen LogP contribution in [0.15, 0.2) is 48.5 Å². The molecular formula is C25H27F6NO2. The molecule has 0 aliphatic carbocycles. The summed E-state index contributed by atoms with van der Waals surface area (Å²) < 4.78 is 85.8. The Morgan fingerprint density at radius 1 is 0.941 bits per heavy atom. The van der Waals surface area contributed by atoms with Gasteiger partial charge in [-0.1, -0.05) is 30.3 Å². The molecule has 0 aromatic heterocycles. The summed E-state index contributed by atoms with van der Waals surface area (Å²) in [5.41, 5.74) is -3.36. The molecule has 0 spiro atoms. The van der Waals surface area contributed by atoms with Gasteiger partial charge in [0, 0.05) is 6.54 Å². The van der Waals surface area contributed by atoms with Crippen LogP contribution in [0.25, 0.3) is 0 Å². The number of aliphatic hydroxyl groups is 1. The molecule has 34 heavy (non-hydrogen) atoms. The van der Waals surface area contributed by atoms with Gasteiger partial charge in [0.25, 0.3) is 0 Å². The van der Waals surface area contributed by atoms with Crippen molar-refractivity contribution < 1.29 is 36.2 Å². The van der Waals surface area contributed by atoms with Gasteiger partial charge in [0.1, 0.15) is 0 Å². The van der Waals surface area contributed by atoms with E-state index >= 15 is 0 Å². The van der Waals surface area contributed by atoms with Crippen LogP contribution in [0.3, 0.4) is 0 Å². The lowest BCUT2D eigenvalue weighted by Gasteiger charge is -2.55. The Kier molecular flexibility index (Phi) is 6.50. The van der Waals surface area contributed by atoms with E-state index in [0.717, 1.165) is 30.7 Å². The van der Waals surface area contributed by atoms with Gasteiger partial charge in [0.15, 0.2) is 0 Å². The fraction of sp³-hybridized carbons (Fsp3) is 0.520. The first-order valence-electron chi connectivity index (χ1n) is 11.3. The Bertz CT molecular complexity index is 976. The van der Waals surface area contributed by atoms with E-state index < -0.39 is 40.7 Å². The fourth-order valence-corrected chi connectivity index (χ4v) is 5.17. The van der Waals surface area contributed by atoms with Crippen LogP contribution in [-0.2, 0) is 22.6 Å². The molecular weight excluding hydrogens is 460 g/mol. The standard InChI is InChI=1S/C25H27F6NO2/c1-17(18-12-20(24(26,27)28)14-21(13-18)25(29,30)31)34-16-23(19-6-3-2-4-7-19)10-9-22(33)8-5-11-32(23)15-22/h2-4,6-7,12-14,17,33H,5,8-11,15-16H2,1H3/t17?,22?,23-/m1/s1. The molecule has 3 unspecified atom stereocenters. The van der Waals surface area contributed by atoms with E-state index in [1.165, 1.54) is 6.92 Å². The number of hydrogen-bond acceptors (Lipinski definition) is 3. The SMILES string of the molecule is CC(OC[C@@]1(c2ccccc2)CCC2(O)CCCN1C2)c1cc(C(F)(F)F)cc(C(F)(F)F)c1. The van der Waals surface area contributed by atoms with E-state index in [1.807, 2.05) is 30.3 Å². The first-order chi connectivity index (χ1) is 15.8. The largest absolute Gasteiger partial charge is 0.416 e. The molecule has 2 heterocycles. The molecule has 2 aliphatic rings. The topological polar surface area (TPSA) is 32.7 Å². The second-order valence-electron chi connectivity index (χ2n) is 9.44. The highest BCUT2D eigenvalue weighted by Crippen LogP contribution is 2.46. The normalized spacial score (nSPS) is 28.5. The number of ether oxygens (including phenoxy) is 1. The second-order valence-corrected chi connectivity index (χ2v) is 9.44. The minimum atomic E-state index is -4.91. The van der Waals surface area contributed by atoms with Crippen molar-refractivity contribution in [2.45, 2.75) is 62.2 Å². The maximum absolute atomic E-state index is 13.3. The molecule has 186 valence electrons. The zero-order valence-electron chi connectivity index (χ0n) is 18.7. The smallest absolute Gasteiger partial charge is 0.389 e. The average molecular weight is 487 g/mol. The van der Waals surface area contributed by atoms with Gasteiger partial charge in [-0.25, -0.2) is 0 Å². The summed E-state index contributed by atoms with van der Waals surface area (Å²) in [5, 5.41) is 10.9. The van der Waals surface area contributed by atoms with Crippen LogP contribution >= 0.6 is 0 Å². The highest BCUT2D eigenvalue weighted by Gasteiger charge is 2.50. The number of benzene rings is 2. The van der Waals surface area contributed by atoms with Gasteiger partial charge in [0.2, 0.25) is 0 Å². The number of alkyl halides is 6. The summed E-state index contributed by atoms with van der Waals surface area (Å²) in [6.07, 6.45) is -8.23. The molecule has 2 aromatic rings. The Morgan fingerprint density at radius 3 is 2.15 bits per heavy atom. The highest BCUT2D eigenvalue weighted by atomic mass is 19.4. The first kappa shape index (κ1) is 25.0. The third kappa shape index (κ3) is 4.97. The summed E-state index contributed by atoms with van der Waals surface area (Å²) >= 11 is 0. The van der Waals surface area contributed by atoms with E-state index in [2.05, 4.69) is 4.90 Å². The number of fused-ring (bicyclic) bond motifs is 2. The van der Waals surface area contributed by atoms with Crippen LogP contribution in [0.4, 0.5) is 26.3 Å². The molecule has 2 aromatic carbocycles. The summed E-state index contributed by atoms with van der Waals surface area (Å²) in [6.45, 7) is 2.70. The maximum atomic E-state index is 13.3. The predicted octanol–water partition coefficient (Wildman–Crippen LogP) is 6.32. The minimum Gasteiger partial charge on any atom is -0.389 e.